The Morgan fingerprint density at radius 3 is 2.75 bits per heavy atom. The van der Waals surface area contributed by atoms with E-state index in [1.807, 2.05) is 6.07 Å². The van der Waals surface area contributed by atoms with Crippen LogP contribution in [0.2, 0.25) is 5.02 Å². The van der Waals surface area contributed by atoms with Crippen LogP contribution in [0.25, 0.3) is 10.2 Å². The zero-order chi connectivity index (χ0) is 22.7. The van der Waals surface area contributed by atoms with Gasteiger partial charge in [0.1, 0.15) is 12.1 Å². The number of rotatable bonds is 7. The first kappa shape index (κ1) is 21.2. The van der Waals surface area contributed by atoms with Gasteiger partial charge < -0.3 is 10.1 Å². The van der Waals surface area contributed by atoms with E-state index in [1.54, 1.807) is 37.4 Å². The van der Waals surface area contributed by atoms with Gasteiger partial charge in [-0.1, -0.05) is 29.0 Å². The van der Waals surface area contributed by atoms with Crippen LogP contribution in [0.3, 0.4) is 0 Å². The number of benzene rings is 2. The summed E-state index contributed by atoms with van der Waals surface area (Å²) < 4.78 is 6.03. The van der Waals surface area contributed by atoms with Gasteiger partial charge in [0.05, 0.1) is 22.2 Å². The normalized spacial score (nSPS) is 10.6. The molecule has 0 aliphatic rings. The van der Waals surface area contributed by atoms with Gasteiger partial charge in [-0.25, -0.2) is 15.0 Å². The highest BCUT2D eigenvalue weighted by Gasteiger charge is 2.24. The number of fused-ring (bicyclic) bond motifs is 1. The summed E-state index contributed by atoms with van der Waals surface area (Å²) in [6.07, 6.45) is 1.12. The lowest BCUT2D eigenvalue weighted by Crippen LogP contribution is -2.30. The van der Waals surface area contributed by atoms with E-state index in [1.165, 1.54) is 17.4 Å². The van der Waals surface area contributed by atoms with Crippen molar-refractivity contribution in [3.63, 3.8) is 0 Å². The first-order chi connectivity index (χ1) is 15.4. The lowest BCUT2D eigenvalue weighted by molar-refractivity contribution is -0.383. The molecule has 162 valence electrons. The first-order valence-electron chi connectivity index (χ1n) is 8.97. The van der Waals surface area contributed by atoms with Crippen LogP contribution in [0.15, 0.2) is 48.8 Å². The molecule has 0 saturated carbocycles. The average Bonchev–Trinajstić information content (AvgIpc) is 3.18. The van der Waals surface area contributed by atoms with Crippen molar-refractivity contribution in [2.45, 2.75) is 0 Å². The molecule has 32 heavy (non-hydrogen) atoms. The molecule has 13 heteroatoms. The molecule has 0 aliphatic carbocycles. The monoisotopic (exact) mass is 471 g/mol. The maximum atomic E-state index is 12.3. The number of anilines is 3. The summed E-state index contributed by atoms with van der Waals surface area (Å²) in [5.41, 5.74) is 5.34. The van der Waals surface area contributed by atoms with E-state index in [-0.39, 0.29) is 17.2 Å². The minimum absolute atomic E-state index is 0.0875. The van der Waals surface area contributed by atoms with Gasteiger partial charge in [0, 0.05) is 10.6 Å². The second kappa shape index (κ2) is 8.99. The van der Waals surface area contributed by atoms with Crippen molar-refractivity contribution in [1.29, 1.82) is 0 Å². The van der Waals surface area contributed by atoms with Gasteiger partial charge in [-0.3, -0.25) is 25.8 Å². The number of nitrogens with zero attached hydrogens (tertiary/aromatic N) is 4. The Kier molecular flexibility index (Phi) is 5.96. The number of ether oxygens (including phenoxy) is 1. The van der Waals surface area contributed by atoms with Crippen molar-refractivity contribution < 1.29 is 14.5 Å². The molecule has 2 aromatic heterocycles. The lowest BCUT2D eigenvalue weighted by atomic mass is 10.2. The second-order valence-electron chi connectivity index (χ2n) is 6.24. The number of thiazole rings is 1. The molecule has 2 aromatic carbocycles. The minimum atomic E-state index is -0.660. The highest BCUT2D eigenvalue weighted by atomic mass is 35.5. The molecule has 11 nitrogen and oxygen atoms in total. The van der Waals surface area contributed by atoms with Crippen molar-refractivity contribution in [2.75, 3.05) is 17.9 Å². The highest BCUT2D eigenvalue weighted by Crippen LogP contribution is 2.34. The molecule has 4 aromatic rings. The highest BCUT2D eigenvalue weighted by molar-refractivity contribution is 7.22. The topological polar surface area (TPSA) is 144 Å². The van der Waals surface area contributed by atoms with E-state index in [4.69, 9.17) is 16.3 Å². The molecule has 0 bridgehead atoms. The molecule has 0 aliphatic heterocycles. The molecular formula is C19H14ClN7O4S. The van der Waals surface area contributed by atoms with Crippen molar-refractivity contribution in [1.82, 2.24) is 20.4 Å². The standard InChI is InChI=1S/C19H14ClN7O4S/c1-31-12-5-6-13-14(8-12)32-19(23-13)24-16-15(27(29)30)17(22-9-21-16)25-26-18(28)10-3-2-4-11(20)7-10/h2-9H,1H3,(H,26,28)(H2,21,22,23,24,25). The number of amides is 1. The van der Waals surface area contributed by atoms with Crippen LogP contribution in [0, 0.1) is 10.1 Å². The summed E-state index contributed by atoms with van der Waals surface area (Å²) in [4.78, 5) is 35.6. The molecular weight excluding hydrogens is 458 g/mol. The Bertz CT molecular complexity index is 1330. The zero-order valence-electron chi connectivity index (χ0n) is 16.3. The zero-order valence-corrected chi connectivity index (χ0v) is 17.9. The molecule has 4 rings (SSSR count). The number of halogens is 1. The fourth-order valence-corrected chi connectivity index (χ4v) is 3.82. The lowest BCUT2D eigenvalue weighted by Gasteiger charge is -2.10. The van der Waals surface area contributed by atoms with E-state index >= 15 is 0 Å². The fraction of sp³-hybridized carbons (Fsp3) is 0.0526. The number of hydrogen-bond acceptors (Lipinski definition) is 10. The van der Waals surface area contributed by atoms with Crippen LogP contribution in [0.1, 0.15) is 10.4 Å². The third-order valence-electron chi connectivity index (χ3n) is 4.21. The van der Waals surface area contributed by atoms with E-state index < -0.39 is 16.5 Å². The van der Waals surface area contributed by atoms with Gasteiger partial charge in [0.2, 0.25) is 11.6 Å². The van der Waals surface area contributed by atoms with E-state index in [9.17, 15) is 14.9 Å². The number of nitro groups is 1. The fourth-order valence-electron chi connectivity index (χ4n) is 2.74. The van der Waals surface area contributed by atoms with Crippen molar-refractivity contribution in [2.24, 2.45) is 0 Å². The number of hydrazine groups is 1. The molecule has 0 radical (unpaired) electrons. The van der Waals surface area contributed by atoms with Crippen molar-refractivity contribution in [3.05, 3.63) is 69.5 Å². The van der Waals surface area contributed by atoms with Crippen LogP contribution in [0.5, 0.6) is 5.75 Å². The first-order valence-corrected chi connectivity index (χ1v) is 10.2. The third-order valence-corrected chi connectivity index (χ3v) is 5.38. The Morgan fingerprint density at radius 2 is 2.00 bits per heavy atom. The third kappa shape index (κ3) is 4.50. The van der Waals surface area contributed by atoms with Crippen LogP contribution in [0.4, 0.5) is 22.5 Å². The Morgan fingerprint density at radius 1 is 1.19 bits per heavy atom. The molecule has 0 unspecified atom stereocenters. The maximum absolute atomic E-state index is 12.3. The van der Waals surface area contributed by atoms with Gasteiger partial charge in [-0.2, -0.15) is 0 Å². The Balaban J connectivity index is 1.58. The van der Waals surface area contributed by atoms with Gasteiger partial charge in [-0.15, -0.1) is 0 Å². The predicted octanol–water partition coefficient (Wildman–Crippen LogP) is 4.16. The Labute approximate surface area is 189 Å². The molecule has 0 atom stereocenters. The molecule has 0 saturated heterocycles. The molecule has 3 N–H and O–H groups in total. The van der Waals surface area contributed by atoms with Crippen molar-refractivity contribution in [3.8, 4) is 5.75 Å². The smallest absolute Gasteiger partial charge is 0.355 e. The van der Waals surface area contributed by atoms with E-state index in [0.29, 0.717) is 21.4 Å². The quantitative estimate of drug-likeness (QED) is 0.267. The molecule has 1 amide bonds. The number of nitrogens with one attached hydrogen (secondary N) is 3. The SMILES string of the molecule is COc1ccc2nc(Nc3ncnc(NNC(=O)c4cccc(Cl)c4)c3[N+](=O)[O-])sc2c1. The predicted molar refractivity (Wildman–Crippen MR) is 121 cm³/mol. The second-order valence-corrected chi connectivity index (χ2v) is 7.71. The number of methoxy groups -OCH3 is 1. The van der Waals surface area contributed by atoms with Gasteiger partial charge in [-0.05, 0) is 36.4 Å². The summed E-state index contributed by atoms with van der Waals surface area (Å²) in [6.45, 7) is 0. The number of carbonyl (C=O) groups excluding carboxylic acids is 1. The molecule has 0 spiro atoms. The van der Waals surface area contributed by atoms with Crippen LogP contribution in [-0.2, 0) is 0 Å². The number of aromatic nitrogens is 3. The van der Waals surface area contributed by atoms with Crippen molar-refractivity contribution >= 4 is 61.5 Å². The van der Waals surface area contributed by atoms with Gasteiger partial charge >= 0.3 is 5.69 Å². The van der Waals surface area contributed by atoms with Gasteiger partial charge in [0.25, 0.3) is 5.91 Å². The average molecular weight is 472 g/mol. The summed E-state index contributed by atoms with van der Waals surface area (Å²) >= 11 is 7.16. The molecule has 2 heterocycles. The van der Waals surface area contributed by atoms with Crippen LogP contribution >= 0.6 is 22.9 Å². The van der Waals surface area contributed by atoms with E-state index in [2.05, 4.69) is 31.1 Å². The van der Waals surface area contributed by atoms with E-state index in [0.717, 1.165) is 11.0 Å². The summed E-state index contributed by atoms with van der Waals surface area (Å²) in [5, 5.41) is 15.4. The molecule has 0 fully saturated rings. The van der Waals surface area contributed by atoms with Crippen LogP contribution in [-0.4, -0.2) is 32.9 Å². The van der Waals surface area contributed by atoms with Gasteiger partial charge in [0.15, 0.2) is 5.13 Å². The summed E-state index contributed by atoms with van der Waals surface area (Å²) in [5.74, 6) is -0.168. The van der Waals surface area contributed by atoms with Crippen LogP contribution < -0.4 is 20.9 Å². The number of carbonyl (C=O) groups is 1. The largest absolute Gasteiger partial charge is 0.497 e. The summed E-state index contributed by atoms with van der Waals surface area (Å²) in [7, 11) is 1.56. The maximum Gasteiger partial charge on any atom is 0.355 e. The summed E-state index contributed by atoms with van der Waals surface area (Å²) in [6, 6.07) is 11.6. The minimum Gasteiger partial charge on any atom is -0.497 e. The number of hydrogen-bond donors (Lipinski definition) is 3. The Hall–Kier alpha value is -4.03.